The molecule has 0 atom stereocenters. The van der Waals surface area contributed by atoms with Gasteiger partial charge in [0.15, 0.2) is 5.08 Å². The number of aliphatic imine (C=N–C) groups is 2. The second-order valence-corrected chi connectivity index (χ2v) is 2.30. The molecule has 1 aliphatic rings. The Morgan fingerprint density at radius 3 is 2.25 bits per heavy atom. The molecule has 1 aliphatic heterocycles. The second kappa shape index (κ2) is 2.37. The fourth-order valence-electron chi connectivity index (χ4n) is 0.418. The minimum Gasteiger partial charge on any atom is -0.319 e. The zero-order chi connectivity index (χ0) is 5.98. The van der Waals surface area contributed by atoms with Crippen LogP contribution in [-0.2, 0) is 0 Å². The van der Waals surface area contributed by atoms with Gasteiger partial charge in [-0.2, -0.15) is 0 Å². The first-order chi connectivity index (χ1) is 3.79. The van der Waals surface area contributed by atoms with E-state index >= 15 is 0 Å². The highest BCUT2D eigenvalue weighted by Gasteiger charge is 2.01. The summed E-state index contributed by atoms with van der Waals surface area (Å²) in [5.74, 6) is 0. The van der Waals surface area contributed by atoms with Crippen LogP contribution in [0.2, 0.25) is 0 Å². The molecular formula is C4H6BrN3. The fraction of sp³-hybridized carbons (Fsp3) is 0.500. The van der Waals surface area contributed by atoms with Crippen LogP contribution in [0.25, 0.3) is 0 Å². The quantitative estimate of drug-likeness (QED) is 0.414. The van der Waals surface area contributed by atoms with E-state index in [1.54, 1.807) is 12.4 Å². The van der Waals surface area contributed by atoms with Gasteiger partial charge in [0.05, 0.1) is 6.04 Å². The molecule has 3 nitrogen and oxygen atoms in total. The van der Waals surface area contributed by atoms with Gasteiger partial charge in [0.25, 0.3) is 0 Å². The first-order valence-electron chi connectivity index (χ1n) is 2.25. The van der Waals surface area contributed by atoms with E-state index in [0.717, 1.165) is 0 Å². The highest BCUT2D eigenvalue weighted by atomic mass is 79.9. The van der Waals surface area contributed by atoms with Crippen LogP contribution in [0.1, 0.15) is 0 Å². The zero-order valence-corrected chi connectivity index (χ0v) is 5.75. The Kier molecular flexibility index (Phi) is 1.75. The molecule has 2 N–H and O–H groups in total. The van der Waals surface area contributed by atoms with E-state index < -0.39 is 0 Å². The van der Waals surface area contributed by atoms with Gasteiger partial charge in [0.2, 0.25) is 0 Å². The lowest BCUT2D eigenvalue weighted by Crippen LogP contribution is -2.26. The molecule has 4 heteroatoms. The third-order valence-electron chi connectivity index (χ3n) is 0.762. The van der Waals surface area contributed by atoms with Crippen molar-refractivity contribution in [2.24, 2.45) is 15.7 Å². The minimum atomic E-state index is -0.109. The summed E-state index contributed by atoms with van der Waals surface area (Å²) in [6.07, 6.45) is 3.32. The van der Waals surface area contributed by atoms with Gasteiger partial charge in [-0.15, -0.1) is 0 Å². The van der Waals surface area contributed by atoms with Crippen molar-refractivity contribution in [2.45, 2.75) is 11.1 Å². The van der Waals surface area contributed by atoms with Crippen LogP contribution in [0.5, 0.6) is 0 Å². The van der Waals surface area contributed by atoms with E-state index in [0.29, 0.717) is 0 Å². The van der Waals surface area contributed by atoms with Crippen LogP contribution in [0.3, 0.4) is 0 Å². The van der Waals surface area contributed by atoms with Crippen LogP contribution < -0.4 is 5.73 Å². The maximum atomic E-state index is 5.38. The Morgan fingerprint density at radius 1 is 1.38 bits per heavy atom. The topological polar surface area (TPSA) is 50.7 Å². The Hall–Kier alpha value is -0.220. The standard InChI is InChI=1S/C4H6BrN3/c5-4-7-1-3(6)2-8-4/h1-4H,6H2. The summed E-state index contributed by atoms with van der Waals surface area (Å²) in [5, 5.41) is -0.109. The van der Waals surface area contributed by atoms with Crippen molar-refractivity contribution in [2.75, 3.05) is 0 Å². The van der Waals surface area contributed by atoms with Crippen molar-refractivity contribution in [3.63, 3.8) is 0 Å². The number of nitrogens with two attached hydrogens (primary N) is 1. The summed E-state index contributed by atoms with van der Waals surface area (Å²) in [4.78, 5) is 7.76. The van der Waals surface area contributed by atoms with E-state index in [9.17, 15) is 0 Å². The molecule has 0 aromatic heterocycles. The molecular weight excluding hydrogens is 170 g/mol. The number of alkyl halides is 1. The molecule has 0 unspecified atom stereocenters. The minimum absolute atomic E-state index is 0.0937. The molecule has 44 valence electrons. The number of hydrogen-bond donors (Lipinski definition) is 1. The molecule has 0 spiro atoms. The first-order valence-corrected chi connectivity index (χ1v) is 3.17. The van der Waals surface area contributed by atoms with Gasteiger partial charge in [-0.05, 0) is 15.9 Å². The largest absolute Gasteiger partial charge is 0.319 e. The van der Waals surface area contributed by atoms with Gasteiger partial charge in [0.1, 0.15) is 0 Å². The lowest BCUT2D eigenvalue weighted by molar-refractivity contribution is 0.965. The number of hydrogen-bond acceptors (Lipinski definition) is 3. The lowest BCUT2D eigenvalue weighted by Gasteiger charge is -2.05. The molecule has 0 aromatic carbocycles. The van der Waals surface area contributed by atoms with E-state index in [2.05, 4.69) is 25.9 Å². The normalized spacial score (nSPS) is 35.8. The summed E-state index contributed by atoms with van der Waals surface area (Å²) in [6, 6.07) is -0.0937. The number of nitrogens with zero attached hydrogens (tertiary/aromatic N) is 2. The molecule has 0 saturated carbocycles. The molecule has 0 aromatic rings. The van der Waals surface area contributed by atoms with E-state index in [4.69, 9.17) is 5.73 Å². The molecule has 8 heavy (non-hydrogen) atoms. The van der Waals surface area contributed by atoms with Crippen LogP contribution in [0, 0.1) is 0 Å². The fourth-order valence-corrected chi connectivity index (χ4v) is 0.691. The highest BCUT2D eigenvalue weighted by molar-refractivity contribution is 9.09. The molecule has 1 rings (SSSR count). The van der Waals surface area contributed by atoms with Gasteiger partial charge in [-0.25, -0.2) is 0 Å². The third-order valence-corrected chi connectivity index (χ3v) is 1.24. The average Bonchev–Trinajstić information content (AvgIpc) is 1.77. The lowest BCUT2D eigenvalue weighted by atomic mass is 10.4. The third kappa shape index (κ3) is 1.38. The van der Waals surface area contributed by atoms with Crippen molar-refractivity contribution in [3.8, 4) is 0 Å². The van der Waals surface area contributed by atoms with E-state index in [1.807, 2.05) is 0 Å². The van der Waals surface area contributed by atoms with Crippen molar-refractivity contribution in [1.82, 2.24) is 0 Å². The van der Waals surface area contributed by atoms with Crippen molar-refractivity contribution in [1.29, 1.82) is 0 Å². The molecule has 0 saturated heterocycles. The summed E-state index contributed by atoms with van der Waals surface area (Å²) >= 11 is 3.16. The molecule has 1 heterocycles. The van der Waals surface area contributed by atoms with Gasteiger partial charge < -0.3 is 5.73 Å². The Bertz CT molecular complexity index is 103. The van der Waals surface area contributed by atoms with E-state index in [1.165, 1.54) is 0 Å². The molecule has 0 radical (unpaired) electrons. The van der Waals surface area contributed by atoms with Gasteiger partial charge in [-0.1, -0.05) is 0 Å². The van der Waals surface area contributed by atoms with Crippen LogP contribution in [-0.4, -0.2) is 23.5 Å². The van der Waals surface area contributed by atoms with Crippen LogP contribution in [0.4, 0.5) is 0 Å². The Balaban J connectivity index is 2.54. The maximum absolute atomic E-state index is 5.38. The Labute approximate surface area is 55.8 Å². The average molecular weight is 176 g/mol. The maximum Gasteiger partial charge on any atom is 0.194 e. The Morgan fingerprint density at radius 2 is 1.88 bits per heavy atom. The molecule has 0 amide bonds. The van der Waals surface area contributed by atoms with Crippen molar-refractivity contribution >= 4 is 28.4 Å². The summed E-state index contributed by atoms with van der Waals surface area (Å²) in [6.45, 7) is 0. The monoisotopic (exact) mass is 175 g/mol. The number of halogens is 1. The highest BCUT2D eigenvalue weighted by Crippen LogP contribution is 2.03. The number of rotatable bonds is 0. The van der Waals surface area contributed by atoms with Gasteiger partial charge in [-0.3, -0.25) is 9.98 Å². The summed E-state index contributed by atoms with van der Waals surface area (Å²) in [7, 11) is 0. The predicted octanol–water partition coefficient (Wildman–Crippen LogP) is 0.147. The van der Waals surface area contributed by atoms with E-state index in [-0.39, 0.29) is 11.1 Å². The second-order valence-electron chi connectivity index (χ2n) is 1.48. The molecule has 0 bridgehead atoms. The van der Waals surface area contributed by atoms with Gasteiger partial charge >= 0.3 is 0 Å². The molecule has 0 aliphatic carbocycles. The molecule has 0 fully saturated rings. The van der Waals surface area contributed by atoms with Crippen molar-refractivity contribution < 1.29 is 0 Å². The SMILES string of the molecule is NC1C=NC(Br)N=C1. The van der Waals surface area contributed by atoms with Crippen LogP contribution in [0.15, 0.2) is 9.98 Å². The zero-order valence-electron chi connectivity index (χ0n) is 4.16. The van der Waals surface area contributed by atoms with Gasteiger partial charge in [0, 0.05) is 12.4 Å². The van der Waals surface area contributed by atoms with Crippen LogP contribution >= 0.6 is 15.9 Å². The van der Waals surface area contributed by atoms with Crippen molar-refractivity contribution in [3.05, 3.63) is 0 Å². The summed E-state index contributed by atoms with van der Waals surface area (Å²) in [5.41, 5.74) is 5.38. The first kappa shape index (κ1) is 5.91. The predicted molar refractivity (Wildman–Crippen MR) is 37.7 cm³/mol. The summed E-state index contributed by atoms with van der Waals surface area (Å²) < 4.78 is 0. The smallest absolute Gasteiger partial charge is 0.194 e.